The molecule has 4 rings (SSSR count). The molecule has 0 atom stereocenters. The van der Waals surface area contributed by atoms with Gasteiger partial charge in [0.2, 0.25) is 5.91 Å². The first kappa shape index (κ1) is 18.7. The number of nitrogens with zero attached hydrogens (tertiary/aromatic N) is 2. The Labute approximate surface area is 169 Å². The van der Waals surface area contributed by atoms with Gasteiger partial charge in [-0.15, -0.1) is 0 Å². The summed E-state index contributed by atoms with van der Waals surface area (Å²) in [4.78, 5) is 13.5. The van der Waals surface area contributed by atoms with Crippen LogP contribution < -0.4 is 5.73 Å². The van der Waals surface area contributed by atoms with Gasteiger partial charge in [0.1, 0.15) is 0 Å². The number of rotatable bonds is 3. The molecule has 29 heavy (non-hydrogen) atoms. The minimum Gasteiger partial charge on any atom is -0.409 e. The van der Waals surface area contributed by atoms with Gasteiger partial charge in [-0.25, -0.2) is 0 Å². The average Bonchev–Trinajstić information content (AvgIpc) is 2.76. The quantitative estimate of drug-likeness (QED) is 0.235. The second kappa shape index (κ2) is 7.80. The van der Waals surface area contributed by atoms with E-state index in [4.69, 9.17) is 10.9 Å². The summed E-state index contributed by atoms with van der Waals surface area (Å²) in [7, 11) is 0. The van der Waals surface area contributed by atoms with Crippen LogP contribution in [0.1, 0.15) is 34.7 Å². The molecule has 0 aromatic heterocycles. The monoisotopic (exact) mass is 385 g/mol. The summed E-state index contributed by atoms with van der Waals surface area (Å²) < 4.78 is 0. The fourth-order valence-corrected chi connectivity index (χ4v) is 3.72. The summed E-state index contributed by atoms with van der Waals surface area (Å²) >= 11 is 0. The van der Waals surface area contributed by atoms with Crippen LogP contribution in [0.15, 0.2) is 59.8 Å². The molecule has 3 aromatic rings. The molecule has 5 nitrogen and oxygen atoms in total. The van der Waals surface area contributed by atoms with Crippen molar-refractivity contribution in [2.75, 3.05) is 6.54 Å². The molecule has 0 bridgehead atoms. The number of amidine groups is 1. The molecule has 1 heterocycles. The van der Waals surface area contributed by atoms with E-state index in [-0.39, 0.29) is 11.7 Å². The van der Waals surface area contributed by atoms with Crippen molar-refractivity contribution in [3.8, 4) is 0 Å². The Balaban J connectivity index is 1.54. The number of amides is 1. The fraction of sp³-hybridized carbons (Fsp3) is 0.167. The van der Waals surface area contributed by atoms with E-state index in [1.165, 1.54) is 11.1 Å². The van der Waals surface area contributed by atoms with Crippen LogP contribution in [0.25, 0.3) is 22.9 Å². The highest BCUT2D eigenvalue weighted by molar-refractivity contribution is 6.01. The van der Waals surface area contributed by atoms with Crippen LogP contribution in [0.2, 0.25) is 0 Å². The van der Waals surface area contributed by atoms with Crippen molar-refractivity contribution in [2.24, 2.45) is 10.9 Å². The second-order valence-corrected chi connectivity index (χ2v) is 7.36. The highest BCUT2D eigenvalue weighted by Crippen LogP contribution is 2.23. The molecule has 0 spiro atoms. The zero-order valence-electron chi connectivity index (χ0n) is 16.3. The molecular weight excluding hydrogens is 362 g/mol. The van der Waals surface area contributed by atoms with E-state index in [9.17, 15) is 4.79 Å². The summed E-state index contributed by atoms with van der Waals surface area (Å²) in [5, 5.41) is 14.0. The number of hydrogen-bond acceptors (Lipinski definition) is 3. The maximum atomic E-state index is 11.6. The van der Waals surface area contributed by atoms with E-state index >= 15 is 0 Å². The van der Waals surface area contributed by atoms with Crippen molar-refractivity contribution in [3.63, 3.8) is 0 Å². The van der Waals surface area contributed by atoms with Gasteiger partial charge in [-0.3, -0.25) is 4.79 Å². The normalized spacial score (nSPS) is 14.4. The van der Waals surface area contributed by atoms with E-state index in [2.05, 4.69) is 47.6 Å². The molecule has 1 aliphatic rings. The Morgan fingerprint density at radius 3 is 2.45 bits per heavy atom. The topological polar surface area (TPSA) is 78.9 Å². The summed E-state index contributed by atoms with van der Waals surface area (Å²) in [6, 6.07) is 18.4. The number of oxime groups is 1. The van der Waals surface area contributed by atoms with E-state index in [0.717, 1.165) is 34.9 Å². The molecule has 0 aliphatic carbocycles. The zero-order valence-corrected chi connectivity index (χ0v) is 16.3. The number of benzene rings is 3. The van der Waals surface area contributed by atoms with E-state index in [1.807, 2.05) is 29.2 Å². The number of carbonyl (C=O) groups excluding carboxylic acids is 1. The Morgan fingerprint density at radius 1 is 1.00 bits per heavy atom. The molecule has 146 valence electrons. The lowest BCUT2D eigenvalue weighted by atomic mass is 9.96. The first-order chi connectivity index (χ1) is 14.0. The van der Waals surface area contributed by atoms with Crippen molar-refractivity contribution in [2.45, 2.75) is 19.9 Å². The lowest BCUT2D eigenvalue weighted by Gasteiger charge is -2.28. The highest BCUT2D eigenvalue weighted by atomic mass is 16.4. The summed E-state index contributed by atoms with van der Waals surface area (Å²) in [6.45, 7) is 3.11. The minimum atomic E-state index is 0.106. The van der Waals surface area contributed by atoms with Crippen molar-refractivity contribution >= 4 is 34.7 Å². The number of carbonyl (C=O) groups is 1. The van der Waals surface area contributed by atoms with Gasteiger partial charge in [-0.1, -0.05) is 59.8 Å². The first-order valence-corrected chi connectivity index (χ1v) is 9.60. The average molecular weight is 385 g/mol. The fourth-order valence-electron chi connectivity index (χ4n) is 3.72. The first-order valence-electron chi connectivity index (χ1n) is 9.60. The van der Waals surface area contributed by atoms with Gasteiger partial charge in [-0.2, -0.15) is 0 Å². The van der Waals surface area contributed by atoms with Gasteiger partial charge in [0.25, 0.3) is 0 Å². The lowest BCUT2D eigenvalue weighted by Crippen LogP contribution is -2.34. The van der Waals surface area contributed by atoms with Crippen LogP contribution in [0.5, 0.6) is 0 Å². The molecule has 1 aliphatic heterocycles. The summed E-state index contributed by atoms with van der Waals surface area (Å²) in [5.74, 6) is 0.240. The minimum absolute atomic E-state index is 0.106. The molecule has 3 N–H and O–H groups in total. The third kappa shape index (κ3) is 3.99. The zero-order chi connectivity index (χ0) is 20.4. The van der Waals surface area contributed by atoms with Gasteiger partial charge >= 0.3 is 0 Å². The molecule has 0 unspecified atom stereocenters. The Kier molecular flexibility index (Phi) is 5.04. The van der Waals surface area contributed by atoms with Gasteiger partial charge < -0.3 is 15.8 Å². The number of nitrogens with two attached hydrogens (primary N) is 1. The molecule has 1 amide bonds. The lowest BCUT2D eigenvalue weighted by molar-refractivity contribution is -0.129. The van der Waals surface area contributed by atoms with Gasteiger partial charge in [-0.05, 0) is 51.6 Å². The maximum Gasteiger partial charge on any atom is 0.219 e. The maximum absolute atomic E-state index is 11.6. The van der Waals surface area contributed by atoms with Crippen LogP contribution in [0, 0.1) is 0 Å². The van der Waals surface area contributed by atoms with Crippen LogP contribution >= 0.6 is 0 Å². The Morgan fingerprint density at radius 2 is 1.69 bits per heavy atom. The largest absolute Gasteiger partial charge is 0.409 e. The predicted molar refractivity (Wildman–Crippen MR) is 117 cm³/mol. The SMILES string of the molecule is CC(=O)N1CCc2cc(C=Cc3ccc4cc(C(N)=NO)ccc4c3)ccc2C1. The predicted octanol–water partition coefficient (Wildman–Crippen LogP) is 4.01. The van der Waals surface area contributed by atoms with Crippen molar-refractivity contribution in [1.82, 2.24) is 4.90 Å². The van der Waals surface area contributed by atoms with Gasteiger partial charge in [0.15, 0.2) is 5.84 Å². The third-order valence-electron chi connectivity index (χ3n) is 5.42. The molecule has 0 saturated heterocycles. The van der Waals surface area contributed by atoms with Gasteiger partial charge in [0, 0.05) is 25.6 Å². The Hall–Kier alpha value is -3.60. The van der Waals surface area contributed by atoms with Crippen molar-refractivity contribution in [1.29, 1.82) is 0 Å². The van der Waals surface area contributed by atoms with E-state index in [0.29, 0.717) is 12.1 Å². The van der Waals surface area contributed by atoms with Crippen LogP contribution in [0.3, 0.4) is 0 Å². The number of fused-ring (bicyclic) bond motifs is 2. The molecule has 0 radical (unpaired) electrons. The third-order valence-corrected chi connectivity index (χ3v) is 5.42. The van der Waals surface area contributed by atoms with E-state index in [1.54, 1.807) is 6.92 Å². The van der Waals surface area contributed by atoms with Crippen molar-refractivity contribution < 1.29 is 10.0 Å². The summed E-state index contributed by atoms with van der Waals surface area (Å²) in [5.41, 5.74) is 11.2. The van der Waals surface area contributed by atoms with E-state index < -0.39 is 0 Å². The molecule has 5 heteroatoms. The molecule has 0 fully saturated rings. The highest BCUT2D eigenvalue weighted by Gasteiger charge is 2.17. The van der Waals surface area contributed by atoms with Crippen LogP contribution in [-0.2, 0) is 17.8 Å². The van der Waals surface area contributed by atoms with Crippen LogP contribution in [-0.4, -0.2) is 28.4 Å². The number of hydrogen-bond donors (Lipinski definition) is 2. The standard InChI is InChI=1S/C24H23N3O2/c1-16(28)27-11-10-21-13-18(5-7-23(21)15-27)3-2-17-4-6-20-14-22(24(25)26-29)9-8-19(20)12-17/h2-9,12-14,29H,10-11,15H2,1H3,(H2,25,26). The smallest absolute Gasteiger partial charge is 0.219 e. The van der Waals surface area contributed by atoms with Crippen LogP contribution in [0.4, 0.5) is 0 Å². The van der Waals surface area contributed by atoms with Gasteiger partial charge in [0.05, 0.1) is 0 Å². The second-order valence-electron chi connectivity index (χ2n) is 7.36. The Bertz CT molecular complexity index is 1150. The van der Waals surface area contributed by atoms with Crippen molar-refractivity contribution in [3.05, 3.63) is 82.4 Å². The molecular formula is C24H23N3O2. The molecule has 0 saturated carbocycles. The molecule has 3 aromatic carbocycles. The summed E-state index contributed by atoms with van der Waals surface area (Å²) in [6.07, 6.45) is 5.11.